The van der Waals surface area contributed by atoms with Crippen molar-refractivity contribution in [2.75, 3.05) is 17.7 Å². The molecule has 10 heteroatoms. The molecule has 1 amide bonds. The van der Waals surface area contributed by atoms with E-state index >= 15 is 0 Å². The highest BCUT2D eigenvalue weighted by Crippen LogP contribution is 2.32. The van der Waals surface area contributed by atoms with E-state index in [9.17, 15) is 14.7 Å². The minimum absolute atomic E-state index is 0.0754. The number of hydrogen-bond donors (Lipinski definition) is 2. The SMILES string of the molecule is C=CCn1c(SCC(=O)Nc2ccc(C(=O)OCC)cc2)nnc1-c1cc(Br)ccc1O. The maximum Gasteiger partial charge on any atom is 0.338 e. The van der Waals surface area contributed by atoms with Crippen molar-refractivity contribution in [2.24, 2.45) is 0 Å². The molecule has 1 heterocycles. The van der Waals surface area contributed by atoms with Gasteiger partial charge in [-0.25, -0.2) is 4.79 Å². The van der Waals surface area contributed by atoms with Gasteiger partial charge in [0, 0.05) is 16.7 Å². The summed E-state index contributed by atoms with van der Waals surface area (Å²) in [5.74, 6) is 0.000576. The lowest BCUT2D eigenvalue weighted by atomic mass is 10.2. The maximum absolute atomic E-state index is 12.4. The highest BCUT2D eigenvalue weighted by Gasteiger charge is 2.18. The number of thioether (sulfide) groups is 1. The fourth-order valence-electron chi connectivity index (χ4n) is 2.81. The van der Waals surface area contributed by atoms with Gasteiger partial charge in [-0.2, -0.15) is 0 Å². The standard InChI is InChI=1S/C22H21BrN4O4S/c1-3-11-27-20(17-12-15(23)7-10-18(17)28)25-26-22(27)32-13-19(29)24-16-8-5-14(6-9-16)21(30)31-4-2/h3,5-10,12,28H,1,4,11,13H2,2H3,(H,24,29). The van der Waals surface area contributed by atoms with Crippen LogP contribution in [-0.2, 0) is 16.1 Å². The molecule has 1 aromatic heterocycles. The summed E-state index contributed by atoms with van der Waals surface area (Å²) >= 11 is 4.61. The van der Waals surface area contributed by atoms with E-state index < -0.39 is 5.97 Å². The molecule has 0 aliphatic rings. The third kappa shape index (κ3) is 5.77. The Morgan fingerprint density at radius 3 is 2.69 bits per heavy atom. The first-order valence-electron chi connectivity index (χ1n) is 9.65. The Bertz CT molecular complexity index is 1130. The normalized spacial score (nSPS) is 10.6. The number of nitrogens with zero attached hydrogens (tertiary/aromatic N) is 3. The average Bonchev–Trinajstić information content (AvgIpc) is 3.17. The van der Waals surface area contributed by atoms with Crippen molar-refractivity contribution in [1.29, 1.82) is 0 Å². The van der Waals surface area contributed by atoms with E-state index in [0.29, 0.717) is 40.9 Å². The second-order valence-electron chi connectivity index (χ2n) is 6.50. The monoisotopic (exact) mass is 516 g/mol. The number of phenolic OH excluding ortho intramolecular Hbond substituents is 1. The van der Waals surface area contributed by atoms with Gasteiger partial charge in [-0.1, -0.05) is 33.8 Å². The summed E-state index contributed by atoms with van der Waals surface area (Å²) < 4.78 is 7.52. The molecular formula is C22H21BrN4O4S. The van der Waals surface area contributed by atoms with Crippen LogP contribution in [0.1, 0.15) is 17.3 Å². The fourth-order valence-corrected chi connectivity index (χ4v) is 3.92. The predicted molar refractivity (Wildman–Crippen MR) is 127 cm³/mol. The number of aromatic nitrogens is 3. The predicted octanol–water partition coefficient (Wildman–Crippen LogP) is 4.51. The van der Waals surface area contributed by atoms with E-state index in [1.165, 1.54) is 11.8 Å². The van der Waals surface area contributed by atoms with E-state index in [4.69, 9.17) is 4.74 Å². The molecule has 2 aromatic carbocycles. The minimum atomic E-state index is -0.408. The van der Waals surface area contributed by atoms with Crippen molar-refractivity contribution in [2.45, 2.75) is 18.6 Å². The Kier molecular flexibility index (Phi) is 8.07. The minimum Gasteiger partial charge on any atom is -0.507 e. The molecule has 0 saturated heterocycles. The van der Waals surface area contributed by atoms with Gasteiger partial charge < -0.3 is 15.2 Å². The molecule has 32 heavy (non-hydrogen) atoms. The number of benzene rings is 2. The molecule has 0 atom stereocenters. The molecule has 8 nitrogen and oxygen atoms in total. The van der Waals surface area contributed by atoms with Gasteiger partial charge >= 0.3 is 5.97 Å². The Labute approximate surface area is 197 Å². The zero-order valence-corrected chi connectivity index (χ0v) is 19.6. The molecule has 0 fully saturated rings. The summed E-state index contributed by atoms with van der Waals surface area (Å²) in [7, 11) is 0. The summed E-state index contributed by atoms with van der Waals surface area (Å²) in [5, 5.41) is 21.9. The third-order valence-corrected chi connectivity index (χ3v) is 5.70. The summed E-state index contributed by atoms with van der Waals surface area (Å²) in [6, 6.07) is 11.5. The van der Waals surface area contributed by atoms with Crippen molar-refractivity contribution in [1.82, 2.24) is 14.8 Å². The first kappa shape index (κ1) is 23.6. The zero-order valence-electron chi connectivity index (χ0n) is 17.2. The van der Waals surface area contributed by atoms with Crippen molar-refractivity contribution >= 4 is 45.3 Å². The van der Waals surface area contributed by atoms with Crippen LogP contribution in [-0.4, -0.2) is 44.1 Å². The van der Waals surface area contributed by atoms with Crippen LogP contribution in [0.25, 0.3) is 11.4 Å². The Morgan fingerprint density at radius 1 is 1.25 bits per heavy atom. The smallest absolute Gasteiger partial charge is 0.338 e. The van der Waals surface area contributed by atoms with Gasteiger partial charge in [0.25, 0.3) is 0 Å². The van der Waals surface area contributed by atoms with E-state index in [1.807, 2.05) is 0 Å². The van der Waals surface area contributed by atoms with E-state index in [1.54, 1.807) is 60.0 Å². The lowest BCUT2D eigenvalue weighted by Gasteiger charge is -2.10. The van der Waals surface area contributed by atoms with Crippen LogP contribution < -0.4 is 5.32 Å². The molecule has 0 radical (unpaired) electrons. The number of amides is 1. The highest BCUT2D eigenvalue weighted by molar-refractivity contribution is 9.10. The third-order valence-electron chi connectivity index (χ3n) is 4.24. The molecule has 0 bridgehead atoms. The van der Waals surface area contributed by atoms with Gasteiger partial charge in [0.05, 0.1) is 23.5 Å². The van der Waals surface area contributed by atoms with E-state index in [2.05, 4.69) is 38.0 Å². The first-order chi connectivity index (χ1) is 15.4. The molecule has 3 aromatic rings. The molecule has 166 valence electrons. The average molecular weight is 517 g/mol. The number of halogens is 1. The fraction of sp³-hybridized carbons (Fsp3) is 0.182. The van der Waals surface area contributed by atoms with Crippen LogP contribution in [0.4, 0.5) is 5.69 Å². The van der Waals surface area contributed by atoms with Gasteiger partial charge in [-0.15, -0.1) is 16.8 Å². The molecule has 0 aliphatic carbocycles. The summed E-state index contributed by atoms with van der Waals surface area (Å²) in [6.45, 7) is 6.21. The van der Waals surface area contributed by atoms with E-state index in [0.717, 1.165) is 4.47 Å². The molecule has 0 spiro atoms. The van der Waals surface area contributed by atoms with Crippen molar-refractivity contribution in [3.8, 4) is 17.1 Å². The molecular weight excluding hydrogens is 496 g/mol. The number of anilines is 1. The zero-order chi connectivity index (χ0) is 23.1. The van der Waals surface area contributed by atoms with Gasteiger partial charge in [-0.05, 0) is 49.4 Å². The maximum atomic E-state index is 12.4. The number of rotatable bonds is 9. The summed E-state index contributed by atoms with van der Waals surface area (Å²) in [4.78, 5) is 24.1. The van der Waals surface area contributed by atoms with Crippen LogP contribution in [0.15, 0.2) is 64.7 Å². The van der Waals surface area contributed by atoms with Crippen LogP contribution in [0.2, 0.25) is 0 Å². The molecule has 3 rings (SSSR count). The molecule has 0 saturated carbocycles. The second kappa shape index (κ2) is 11.0. The van der Waals surface area contributed by atoms with Crippen molar-refractivity contribution in [3.05, 3.63) is 65.2 Å². The van der Waals surface area contributed by atoms with Crippen LogP contribution in [0.3, 0.4) is 0 Å². The number of carbonyl (C=O) groups excluding carboxylic acids is 2. The lowest BCUT2D eigenvalue weighted by molar-refractivity contribution is -0.113. The Balaban J connectivity index is 1.68. The second-order valence-corrected chi connectivity index (χ2v) is 8.36. The Hall–Kier alpha value is -3.11. The number of hydrogen-bond acceptors (Lipinski definition) is 7. The molecule has 0 unspecified atom stereocenters. The van der Waals surface area contributed by atoms with E-state index in [-0.39, 0.29) is 17.4 Å². The number of phenols is 1. The quantitative estimate of drug-likeness (QED) is 0.245. The van der Waals surface area contributed by atoms with Crippen molar-refractivity contribution < 1.29 is 19.4 Å². The highest BCUT2D eigenvalue weighted by atomic mass is 79.9. The number of carbonyl (C=O) groups is 2. The van der Waals surface area contributed by atoms with Gasteiger partial charge in [0.2, 0.25) is 5.91 Å². The van der Waals surface area contributed by atoms with Crippen molar-refractivity contribution in [3.63, 3.8) is 0 Å². The number of nitrogens with one attached hydrogen (secondary N) is 1. The number of ether oxygens (including phenoxy) is 1. The number of esters is 1. The van der Waals surface area contributed by atoms with Gasteiger partial charge in [0.15, 0.2) is 11.0 Å². The number of allylic oxidation sites excluding steroid dienone is 1. The van der Waals surface area contributed by atoms with Gasteiger partial charge in [-0.3, -0.25) is 9.36 Å². The largest absolute Gasteiger partial charge is 0.507 e. The number of aromatic hydroxyl groups is 1. The molecule has 2 N–H and O–H groups in total. The summed E-state index contributed by atoms with van der Waals surface area (Å²) in [6.07, 6.45) is 1.69. The Morgan fingerprint density at radius 2 is 2.00 bits per heavy atom. The molecule has 0 aliphatic heterocycles. The first-order valence-corrected chi connectivity index (χ1v) is 11.4. The van der Waals surface area contributed by atoms with Crippen LogP contribution >= 0.6 is 27.7 Å². The lowest BCUT2D eigenvalue weighted by Crippen LogP contribution is -2.15. The van der Waals surface area contributed by atoms with Gasteiger partial charge in [0.1, 0.15) is 5.75 Å². The van der Waals surface area contributed by atoms with Crippen LogP contribution in [0, 0.1) is 0 Å². The topological polar surface area (TPSA) is 106 Å². The summed E-state index contributed by atoms with van der Waals surface area (Å²) in [5.41, 5.74) is 1.50. The van der Waals surface area contributed by atoms with Crippen LogP contribution in [0.5, 0.6) is 5.75 Å².